The van der Waals surface area contributed by atoms with Crippen LogP contribution in [-0.2, 0) is 10.3 Å². The van der Waals surface area contributed by atoms with Gasteiger partial charge >= 0.3 is 12.3 Å². The van der Waals surface area contributed by atoms with Gasteiger partial charge in [-0.1, -0.05) is 18.2 Å². The molecule has 1 amide bonds. The molecule has 3 aromatic rings. The highest BCUT2D eigenvalue weighted by molar-refractivity contribution is 5.97. The number of cyclic esters (lactones) is 1. The molecule has 2 aliphatic heterocycles. The van der Waals surface area contributed by atoms with Crippen LogP contribution in [0.2, 0.25) is 0 Å². The van der Waals surface area contributed by atoms with Crippen molar-refractivity contribution >= 4 is 22.8 Å². The number of hydrogen-bond acceptors (Lipinski definition) is 5. The van der Waals surface area contributed by atoms with E-state index >= 15 is 0 Å². The van der Waals surface area contributed by atoms with Crippen LogP contribution in [0.4, 0.5) is 23.8 Å². The van der Waals surface area contributed by atoms with Gasteiger partial charge in [-0.3, -0.25) is 10.00 Å². The fourth-order valence-electron chi connectivity index (χ4n) is 4.42. The number of ether oxygens (including phenoxy) is 1. The fourth-order valence-corrected chi connectivity index (χ4v) is 4.42. The van der Waals surface area contributed by atoms with Crippen LogP contribution in [0.15, 0.2) is 36.5 Å². The second kappa shape index (κ2) is 6.94. The standard InChI is InChI=1S/C21H20F3N5O2/c1-20(7-10-25-11-8-20)29-14-5-3-2-4-12(14)16(28-29)13-6-9-26-18-15(13)17(21(22,23)24)31-19(30)27-18/h2-6,9,17,25H,7-8,10-11H2,1H3,(H,26,27,30)/t17-/m1/s1. The zero-order chi connectivity index (χ0) is 21.8. The number of carbonyl (C=O) groups excluding carboxylic acids is 1. The summed E-state index contributed by atoms with van der Waals surface area (Å²) in [5.74, 6) is -0.164. The van der Waals surface area contributed by atoms with E-state index in [-0.39, 0.29) is 22.5 Å². The molecule has 0 radical (unpaired) electrons. The van der Waals surface area contributed by atoms with Crippen LogP contribution in [0, 0.1) is 0 Å². The van der Waals surface area contributed by atoms with Gasteiger partial charge in [-0.25, -0.2) is 9.78 Å². The van der Waals surface area contributed by atoms with Crippen molar-refractivity contribution < 1.29 is 22.7 Å². The number of nitrogens with zero attached hydrogens (tertiary/aromatic N) is 3. The summed E-state index contributed by atoms with van der Waals surface area (Å²) in [6.45, 7) is 3.78. The third-order valence-electron chi connectivity index (χ3n) is 6.03. The monoisotopic (exact) mass is 431 g/mol. The molecular formula is C21H20F3N5O2. The van der Waals surface area contributed by atoms with Crippen LogP contribution in [0.25, 0.3) is 22.2 Å². The summed E-state index contributed by atoms with van der Waals surface area (Å²) >= 11 is 0. The van der Waals surface area contributed by atoms with Gasteiger partial charge in [0.05, 0.1) is 16.6 Å². The molecule has 0 spiro atoms. The van der Waals surface area contributed by atoms with E-state index in [1.165, 1.54) is 12.3 Å². The van der Waals surface area contributed by atoms with E-state index < -0.39 is 18.4 Å². The molecule has 1 atom stereocenters. The van der Waals surface area contributed by atoms with Gasteiger partial charge in [-0.2, -0.15) is 18.3 Å². The molecule has 2 aromatic heterocycles. The number of benzene rings is 1. The molecule has 10 heteroatoms. The van der Waals surface area contributed by atoms with Crippen molar-refractivity contribution in [3.8, 4) is 11.3 Å². The van der Waals surface area contributed by atoms with Gasteiger partial charge in [0.25, 0.3) is 0 Å². The Morgan fingerprint density at radius 1 is 1.19 bits per heavy atom. The highest BCUT2D eigenvalue weighted by atomic mass is 19.4. The molecular weight excluding hydrogens is 411 g/mol. The van der Waals surface area contributed by atoms with Crippen LogP contribution < -0.4 is 10.6 Å². The maximum Gasteiger partial charge on any atom is 0.430 e. The molecule has 0 saturated carbocycles. The van der Waals surface area contributed by atoms with Gasteiger partial charge in [0.1, 0.15) is 11.5 Å². The Kier molecular flexibility index (Phi) is 4.44. The molecule has 7 nitrogen and oxygen atoms in total. The lowest BCUT2D eigenvalue weighted by molar-refractivity contribution is -0.206. The molecule has 0 bridgehead atoms. The van der Waals surface area contributed by atoms with Crippen LogP contribution in [-0.4, -0.2) is 40.1 Å². The second-order valence-electron chi connectivity index (χ2n) is 8.10. The average Bonchev–Trinajstić information content (AvgIpc) is 3.13. The predicted octanol–water partition coefficient (Wildman–Crippen LogP) is 4.36. The van der Waals surface area contributed by atoms with Crippen molar-refractivity contribution in [3.63, 3.8) is 0 Å². The Balaban J connectivity index is 1.75. The first-order chi connectivity index (χ1) is 14.8. The minimum absolute atomic E-state index is 0.164. The first-order valence-corrected chi connectivity index (χ1v) is 10.0. The first kappa shape index (κ1) is 19.8. The molecule has 5 rings (SSSR count). The third-order valence-corrected chi connectivity index (χ3v) is 6.03. The minimum Gasteiger partial charge on any atom is -0.431 e. The van der Waals surface area contributed by atoms with Crippen LogP contribution >= 0.6 is 0 Å². The van der Waals surface area contributed by atoms with E-state index in [4.69, 9.17) is 5.10 Å². The normalized spacial score (nSPS) is 20.8. The number of aromatic nitrogens is 3. The summed E-state index contributed by atoms with van der Waals surface area (Å²) in [5, 5.41) is 11.2. The van der Waals surface area contributed by atoms with Crippen LogP contribution in [0.1, 0.15) is 31.4 Å². The minimum atomic E-state index is -4.79. The fraction of sp³-hybridized carbons (Fsp3) is 0.381. The zero-order valence-electron chi connectivity index (χ0n) is 16.7. The van der Waals surface area contributed by atoms with Crippen molar-refractivity contribution in [2.75, 3.05) is 18.4 Å². The number of amides is 1. The molecule has 31 heavy (non-hydrogen) atoms. The van der Waals surface area contributed by atoms with Crippen molar-refractivity contribution in [1.82, 2.24) is 20.1 Å². The largest absolute Gasteiger partial charge is 0.431 e. The van der Waals surface area contributed by atoms with Gasteiger partial charge in [0.2, 0.25) is 6.10 Å². The number of hydrogen-bond donors (Lipinski definition) is 2. The number of rotatable bonds is 2. The molecule has 0 aliphatic carbocycles. The molecule has 2 N–H and O–H groups in total. The summed E-state index contributed by atoms with van der Waals surface area (Å²) < 4.78 is 47.9. The van der Waals surface area contributed by atoms with E-state index in [9.17, 15) is 18.0 Å². The summed E-state index contributed by atoms with van der Waals surface area (Å²) in [6.07, 6.45) is -5.33. The number of anilines is 1. The van der Waals surface area contributed by atoms with Gasteiger partial charge in [0.15, 0.2) is 0 Å². The molecule has 2 aliphatic rings. The quantitative estimate of drug-likeness (QED) is 0.630. The second-order valence-corrected chi connectivity index (χ2v) is 8.10. The molecule has 1 fully saturated rings. The Morgan fingerprint density at radius 2 is 1.94 bits per heavy atom. The lowest BCUT2D eigenvalue weighted by Gasteiger charge is -2.35. The summed E-state index contributed by atoms with van der Waals surface area (Å²) in [6, 6.07) is 8.97. The number of carbonyl (C=O) groups is 1. The van der Waals surface area contributed by atoms with Gasteiger partial charge in [0, 0.05) is 17.1 Å². The lowest BCUT2D eigenvalue weighted by atomic mass is 9.90. The average molecular weight is 431 g/mol. The Morgan fingerprint density at radius 3 is 2.68 bits per heavy atom. The molecule has 162 valence electrons. The van der Waals surface area contributed by atoms with E-state index in [1.807, 2.05) is 28.9 Å². The summed E-state index contributed by atoms with van der Waals surface area (Å²) in [5.41, 5.74) is 0.977. The Hall–Kier alpha value is -3.14. The molecule has 0 unspecified atom stereocenters. The number of piperidine rings is 1. The Bertz CT molecular complexity index is 1170. The molecule has 1 aromatic carbocycles. The molecule has 1 saturated heterocycles. The maximum atomic E-state index is 13.8. The molecule has 4 heterocycles. The highest BCUT2D eigenvalue weighted by Gasteiger charge is 2.49. The third kappa shape index (κ3) is 3.21. The number of fused-ring (bicyclic) bond motifs is 2. The van der Waals surface area contributed by atoms with Gasteiger partial charge < -0.3 is 10.1 Å². The number of alkyl halides is 3. The number of pyridine rings is 1. The van der Waals surface area contributed by atoms with Crippen molar-refractivity contribution in [2.45, 2.75) is 37.6 Å². The summed E-state index contributed by atoms with van der Waals surface area (Å²) in [4.78, 5) is 15.7. The highest BCUT2D eigenvalue weighted by Crippen LogP contribution is 2.46. The van der Waals surface area contributed by atoms with Crippen LogP contribution in [0.5, 0.6) is 0 Å². The Labute approximate surface area is 175 Å². The van der Waals surface area contributed by atoms with Crippen molar-refractivity contribution in [1.29, 1.82) is 0 Å². The van der Waals surface area contributed by atoms with Crippen molar-refractivity contribution in [3.05, 3.63) is 42.1 Å². The zero-order valence-corrected chi connectivity index (χ0v) is 16.7. The van der Waals surface area contributed by atoms with E-state index in [1.54, 1.807) is 0 Å². The van der Waals surface area contributed by atoms with Crippen LogP contribution in [0.3, 0.4) is 0 Å². The smallest absolute Gasteiger partial charge is 0.430 e. The first-order valence-electron chi connectivity index (χ1n) is 10.0. The summed E-state index contributed by atoms with van der Waals surface area (Å²) in [7, 11) is 0. The SMILES string of the molecule is CC1(n2nc(-c3ccnc4c3[C@H](C(F)(F)F)OC(=O)N4)c3ccccc32)CCNCC1. The van der Waals surface area contributed by atoms with Crippen molar-refractivity contribution in [2.24, 2.45) is 0 Å². The van der Waals surface area contributed by atoms with E-state index in [0.29, 0.717) is 5.69 Å². The maximum absolute atomic E-state index is 13.8. The van der Waals surface area contributed by atoms with Gasteiger partial charge in [-0.15, -0.1) is 0 Å². The number of para-hydroxylation sites is 1. The van der Waals surface area contributed by atoms with E-state index in [0.717, 1.165) is 36.8 Å². The van der Waals surface area contributed by atoms with E-state index in [2.05, 4.69) is 27.3 Å². The topological polar surface area (TPSA) is 81.1 Å². The van der Waals surface area contributed by atoms with Gasteiger partial charge in [-0.05, 0) is 45.0 Å². The predicted molar refractivity (Wildman–Crippen MR) is 108 cm³/mol. The lowest BCUT2D eigenvalue weighted by Crippen LogP contribution is -2.42. The number of nitrogens with one attached hydrogen (secondary N) is 2. The number of halogens is 3.